The van der Waals surface area contributed by atoms with Gasteiger partial charge in [0, 0.05) is 0 Å². The number of hydrogen-bond donors (Lipinski definition) is 1. The van der Waals surface area contributed by atoms with Crippen LogP contribution in [0.2, 0.25) is 0 Å². The highest BCUT2D eigenvalue weighted by molar-refractivity contribution is 5.81. The van der Waals surface area contributed by atoms with Gasteiger partial charge in [0.1, 0.15) is 5.75 Å². The number of ether oxygens (including phenoxy) is 1. The van der Waals surface area contributed by atoms with Crippen LogP contribution in [0.3, 0.4) is 0 Å². The van der Waals surface area contributed by atoms with Gasteiger partial charge in [0.2, 0.25) is 0 Å². The van der Waals surface area contributed by atoms with Crippen molar-refractivity contribution in [2.45, 2.75) is 59.1 Å². The summed E-state index contributed by atoms with van der Waals surface area (Å²) >= 11 is 0. The molecule has 0 saturated heterocycles. The summed E-state index contributed by atoms with van der Waals surface area (Å²) in [6.07, 6.45) is 3.03. The summed E-state index contributed by atoms with van der Waals surface area (Å²) in [5, 5.41) is 3.07. The Kier molecular flexibility index (Phi) is 5.12. The van der Waals surface area contributed by atoms with E-state index in [1.807, 2.05) is 32.9 Å². The van der Waals surface area contributed by atoms with E-state index in [9.17, 15) is 4.79 Å². The molecule has 1 N–H and O–H groups in total. The predicted molar refractivity (Wildman–Crippen MR) is 101 cm³/mol. The number of nitrogens with one attached hydrogen (secondary N) is 1. The van der Waals surface area contributed by atoms with Gasteiger partial charge in [-0.05, 0) is 86.9 Å². The van der Waals surface area contributed by atoms with Crippen molar-refractivity contribution >= 4 is 5.91 Å². The van der Waals surface area contributed by atoms with Crippen molar-refractivity contribution in [1.29, 1.82) is 0 Å². The zero-order valence-electron chi connectivity index (χ0n) is 15.6. The number of aryl methyl sites for hydroxylation is 4. The minimum absolute atomic E-state index is 0.0244. The SMILES string of the molecule is Cc1cc(C)cc(O[C@@H](C)C(=O)N[C@@H](C)c2ccc3c(c2)CCC3)c1. The maximum absolute atomic E-state index is 12.5. The molecular formula is C22H27NO2. The van der Waals surface area contributed by atoms with E-state index in [1.54, 1.807) is 6.92 Å². The molecule has 1 aliphatic carbocycles. The molecule has 25 heavy (non-hydrogen) atoms. The molecule has 0 bridgehead atoms. The Hall–Kier alpha value is -2.29. The fraction of sp³-hybridized carbons (Fsp3) is 0.409. The van der Waals surface area contributed by atoms with Crippen molar-refractivity contribution in [3.63, 3.8) is 0 Å². The second-order valence-electron chi connectivity index (χ2n) is 7.20. The number of amides is 1. The van der Waals surface area contributed by atoms with Crippen molar-refractivity contribution < 1.29 is 9.53 Å². The molecule has 0 aliphatic heterocycles. The number of carbonyl (C=O) groups excluding carboxylic acids is 1. The molecule has 2 aromatic rings. The molecule has 3 heteroatoms. The van der Waals surface area contributed by atoms with E-state index in [1.165, 1.54) is 24.0 Å². The summed E-state index contributed by atoms with van der Waals surface area (Å²) in [6.45, 7) is 7.88. The van der Waals surface area contributed by atoms with Crippen LogP contribution < -0.4 is 10.1 Å². The molecule has 1 amide bonds. The Morgan fingerprint density at radius 1 is 1.00 bits per heavy atom. The highest BCUT2D eigenvalue weighted by atomic mass is 16.5. The maximum Gasteiger partial charge on any atom is 0.261 e. The van der Waals surface area contributed by atoms with Crippen molar-refractivity contribution in [1.82, 2.24) is 5.32 Å². The molecule has 0 fully saturated rings. The fourth-order valence-corrected chi connectivity index (χ4v) is 3.53. The molecule has 1 aliphatic rings. The van der Waals surface area contributed by atoms with Gasteiger partial charge in [-0.25, -0.2) is 0 Å². The largest absolute Gasteiger partial charge is 0.481 e. The number of benzene rings is 2. The topological polar surface area (TPSA) is 38.3 Å². The number of fused-ring (bicyclic) bond motifs is 1. The van der Waals surface area contributed by atoms with E-state index >= 15 is 0 Å². The van der Waals surface area contributed by atoms with Gasteiger partial charge in [-0.2, -0.15) is 0 Å². The van der Waals surface area contributed by atoms with E-state index in [0.717, 1.165) is 28.9 Å². The molecule has 3 rings (SSSR count). The van der Waals surface area contributed by atoms with Crippen molar-refractivity contribution in [3.05, 3.63) is 64.2 Å². The lowest BCUT2D eigenvalue weighted by Gasteiger charge is -2.20. The first-order valence-electron chi connectivity index (χ1n) is 9.09. The highest BCUT2D eigenvalue weighted by Gasteiger charge is 2.19. The van der Waals surface area contributed by atoms with Gasteiger partial charge in [-0.3, -0.25) is 4.79 Å². The first-order chi connectivity index (χ1) is 11.9. The first kappa shape index (κ1) is 17.5. The predicted octanol–water partition coefficient (Wildman–Crippen LogP) is 4.44. The average Bonchev–Trinajstić information content (AvgIpc) is 3.01. The molecule has 0 aromatic heterocycles. The molecule has 2 atom stereocenters. The Balaban J connectivity index is 1.62. The van der Waals surface area contributed by atoms with Gasteiger partial charge < -0.3 is 10.1 Å². The molecule has 0 saturated carbocycles. The quantitative estimate of drug-likeness (QED) is 0.876. The van der Waals surface area contributed by atoms with Crippen LogP contribution in [0.15, 0.2) is 36.4 Å². The number of carbonyl (C=O) groups is 1. The van der Waals surface area contributed by atoms with Crippen LogP contribution >= 0.6 is 0 Å². The Bertz CT molecular complexity index is 761. The van der Waals surface area contributed by atoms with Crippen LogP contribution in [0.5, 0.6) is 5.75 Å². The van der Waals surface area contributed by atoms with Crippen LogP contribution in [-0.4, -0.2) is 12.0 Å². The molecule has 3 nitrogen and oxygen atoms in total. The van der Waals surface area contributed by atoms with E-state index < -0.39 is 6.10 Å². The second kappa shape index (κ2) is 7.30. The van der Waals surface area contributed by atoms with Crippen LogP contribution in [0.1, 0.15) is 54.1 Å². The lowest BCUT2D eigenvalue weighted by Crippen LogP contribution is -2.37. The number of hydrogen-bond acceptors (Lipinski definition) is 2. The van der Waals surface area contributed by atoms with Crippen LogP contribution in [0.25, 0.3) is 0 Å². The summed E-state index contributed by atoms with van der Waals surface area (Å²) in [4.78, 5) is 12.5. The first-order valence-corrected chi connectivity index (χ1v) is 9.09. The lowest BCUT2D eigenvalue weighted by molar-refractivity contribution is -0.127. The normalized spacial score (nSPS) is 15.4. The Labute approximate surface area is 150 Å². The summed E-state index contributed by atoms with van der Waals surface area (Å²) in [5.41, 5.74) is 6.31. The Morgan fingerprint density at radius 2 is 1.68 bits per heavy atom. The van der Waals surface area contributed by atoms with Crippen molar-refractivity contribution in [2.75, 3.05) is 0 Å². The van der Waals surface area contributed by atoms with Crippen LogP contribution in [-0.2, 0) is 17.6 Å². The summed E-state index contributed by atoms with van der Waals surface area (Å²) in [7, 11) is 0. The minimum Gasteiger partial charge on any atom is -0.481 e. The number of rotatable bonds is 5. The standard InChI is InChI=1S/C22H27NO2/c1-14-10-15(2)12-21(11-14)25-17(4)22(24)23-16(3)19-9-8-18-6-5-7-20(18)13-19/h8-13,16-17H,5-7H2,1-4H3,(H,23,24)/t16-,17-/m0/s1. The average molecular weight is 337 g/mol. The molecule has 0 spiro atoms. The third-order valence-electron chi connectivity index (χ3n) is 4.86. The molecular weight excluding hydrogens is 310 g/mol. The van der Waals surface area contributed by atoms with Gasteiger partial charge in [0.25, 0.3) is 5.91 Å². The molecule has 0 unspecified atom stereocenters. The van der Waals surface area contributed by atoms with E-state index in [2.05, 4.69) is 29.6 Å². The minimum atomic E-state index is -0.530. The third-order valence-corrected chi connectivity index (χ3v) is 4.86. The molecule has 0 radical (unpaired) electrons. The molecule has 132 valence electrons. The highest BCUT2D eigenvalue weighted by Crippen LogP contribution is 2.25. The maximum atomic E-state index is 12.5. The van der Waals surface area contributed by atoms with Crippen LogP contribution in [0.4, 0.5) is 0 Å². The molecule has 2 aromatic carbocycles. The second-order valence-corrected chi connectivity index (χ2v) is 7.20. The lowest BCUT2D eigenvalue weighted by atomic mass is 10.0. The van der Waals surface area contributed by atoms with Gasteiger partial charge in [-0.1, -0.05) is 24.3 Å². The van der Waals surface area contributed by atoms with Gasteiger partial charge in [-0.15, -0.1) is 0 Å². The summed E-state index contributed by atoms with van der Waals surface area (Å²) < 4.78 is 5.84. The van der Waals surface area contributed by atoms with E-state index in [4.69, 9.17) is 4.74 Å². The van der Waals surface area contributed by atoms with Gasteiger partial charge in [0.15, 0.2) is 6.10 Å². The van der Waals surface area contributed by atoms with Gasteiger partial charge >= 0.3 is 0 Å². The van der Waals surface area contributed by atoms with Crippen LogP contribution in [0, 0.1) is 13.8 Å². The monoisotopic (exact) mass is 337 g/mol. The Morgan fingerprint density at radius 3 is 2.40 bits per heavy atom. The third kappa shape index (κ3) is 4.22. The zero-order valence-corrected chi connectivity index (χ0v) is 15.6. The fourth-order valence-electron chi connectivity index (χ4n) is 3.53. The smallest absolute Gasteiger partial charge is 0.261 e. The summed E-state index contributed by atoms with van der Waals surface area (Å²) in [5.74, 6) is 0.650. The van der Waals surface area contributed by atoms with Gasteiger partial charge in [0.05, 0.1) is 6.04 Å². The molecule has 0 heterocycles. The zero-order chi connectivity index (χ0) is 18.0. The summed E-state index contributed by atoms with van der Waals surface area (Å²) in [6, 6.07) is 12.6. The van der Waals surface area contributed by atoms with E-state index in [-0.39, 0.29) is 11.9 Å². The van der Waals surface area contributed by atoms with Crippen molar-refractivity contribution in [3.8, 4) is 5.75 Å². The van der Waals surface area contributed by atoms with Crippen molar-refractivity contribution in [2.24, 2.45) is 0 Å². The van der Waals surface area contributed by atoms with E-state index in [0.29, 0.717) is 0 Å².